The van der Waals surface area contributed by atoms with Gasteiger partial charge in [0.2, 0.25) is 0 Å². The Balaban J connectivity index is 1.54. The molecule has 7 heteroatoms. The zero-order valence-electron chi connectivity index (χ0n) is 16.0. The predicted molar refractivity (Wildman–Crippen MR) is 112 cm³/mol. The van der Waals surface area contributed by atoms with E-state index in [1.807, 2.05) is 35.7 Å². The number of hydrogen-bond donors (Lipinski definition) is 0. The molecular formula is C22H22FN3O2S. The van der Waals surface area contributed by atoms with Gasteiger partial charge in [0.05, 0.1) is 25.5 Å². The van der Waals surface area contributed by atoms with E-state index >= 15 is 0 Å². The minimum Gasteiger partial charge on any atom is -0.378 e. The lowest BCUT2D eigenvalue weighted by Gasteiger charge is -2.26. The summed E-state index contributed by atoms with van der Waals surface area (Å²) in [6.07, 6.45) is 0. The molecule has 2 aromatic carbocycles. The number of thiazole rings is 1. The first-order valence-corrected chi connectivity index (χ1v) is 10.4. The number of morpholine rings is 1. The van der Waals surface area contributed by atoms with Gasteiger partial charge < -0.3 is 14.5 Å². The lowest BCUT2D eigenvalue weighted by Crippen LogP contribution is -2.36. The van der Waals surface area contributed by atoms with Crippen LogP contribution in [0.1, 0.15) is 21.6 Å². The second kappa shape index (κ2) is 9.15. The smallest absolute Gasteiger partial charge is 0.254 e. The Kier molecular flexibility index (Phi) is 6.17. The molecule has 1 fully saturated rings. The number of rotatable bonds is 6. The molecule has 1 saturated heterocycles. The van der Waals surface area contributed by atoms with Crippen LogP contribution >= 0.6 is 11.3 Å². The Morgan fingerprint density at radius 3 is 2.52 bits per heavy atom. The second-order valence-electron chi connectivity index (χ2n) is 6.87. The van der Waals surface area contributed by atoms with Gasteiger partial charge in [-0.2, -0.15) is 0 Å². The van der Waals surface area contributed by atoms with Crippen LogP contribution in [0.5, 0.6) is 0 Å². The molecule has 2 heterocycles. The van der Waals surface area contributed by atoms with Gasteiger partial charge in [-0.3, -0.25) is 4.79 Å². The fourth-order valence-electron chi connectivity index (χ4n) is 3.24. The van der Waals surface area contributed by atoms with Crippen molar-refractivity contribution in [2.24, 2.45) is 0 Å². The summed E-state index contributed by atoms with van der Waals surface area (Å²) in [5, 5.41) is 2.96. The highest BCUT2D eigenvalue weighted by Gasteiger charge is 2.20. The molecular weight excluding hydrogens is 389 g/mol. The van der Waals surface area contributed by atoms with E-state index in [1.165, 1.54) is 24.3 Å². The lowest BCUT2D eigenvalue weighted by molar-refractivity contribution is 0.0728. The van der Waals surface area contributed by atoms with Crippen LogP contribution in [-0.2, 0) is 17.8 Å². The average molecular weight is 412 g/mol. The van der Waals surface area contributed by atoms with E-state index in [1.54, 1.807) is 16.2 Å². The van der Waals surface area contributed by atoms with Crippen molar-refractivity contribution in [3.63, 3.8) is 0 Å². The van der Waals surface area contributed by atoms with Crippen LogP contribution in [0.3, 0.4) is 0 Å². The number of carbonyl (C=O) groups is 1. The fraction of sp³-hybridized carbons (Fsp3) is 0.273. The third kappa shape index (κ3) is 4.99. The highest BCUT2D eigenvalue weighted by atomic mass is 32.1. The Morgan fingerprint density at radius 2 is 1.79 bits per heavy atom. The highest BCUT2D eigenvalue weighted by Crippen LogP contribution is 2.23. The average Bonchev–Trinajstić information content (AvgIpc) is 3.23. The number of nitrogens with zero attached hydrogens (tertiary/aromatic N) is 3. The van der Waals surface area contributed by atoms with Gasteiger partial charge in [-0.15, -0.1) is 11.3 Å². The first-order valence-electron chi connectivity index (χ1n) is 9.55. The third-order valence-electron chi connectivity index (χ3n) is 4.77. The summed E-state index contributed by atoms with van der Waals surface area (Å²) >= 11 is 1.59. The molecule has 0 unspecified atom stereocenters. The summed E-state index contributed by atoms with van der Waals surface area (Å²) in [6.45, 7) is 3.92. The minimum atomic E-state index is -0.356. The first kappa shape index (κ1) is 19.5. The van der Waals surface area contributed by atoms with Crippen molar-refractivity contribution in [2.75, 3.05) is 31.2 Å². The molecule has 1 aromatic heterocycles. The standard InChI is InChI=1S/C22H22FN3O2S/c23-19-8-6-18(7-9-19)21(27)26(14-17-4-2-1-3-5-17)15-20-16-29-22(24-20)25-10-12-28-13-11-25/h1-9,16H,10-15H2. The van der Waals surface area contributed by atoms with Crippen molar-refractivity contribution in [1.82, 2.24) is 9.88 Å². The molecule has 29 heavy (non-hydrogen) atoms. The summed E-state index contributed by atoms with van der Waals surface area (Å²) in [4.78, 5) is 21.8. The van der Waals surface area contributed by atoms with Crippen molar-refractivity contribution in [3.8, 4) is 0 Å². The van der Waals surface area contributed by atoms with E-state index < -0.39 is 0 Å². The molecule has 1 aliphatic rings. The SMILES string of the molecule is O=C(c1ccc(F)cc1)N(Cc1ccccc1)Cc1csc(N2CCOCC2)n1. The first-order chi connectivity index (χ1) is 14.2. The molecule has 0 aliphatic carbocycles. The van der Waals surface area contributed by atoms with E-state index in [2.05, 4.69) is 4.90 Å². The van der Waals surface area contributed by atoms with Crippen LogP contribution in [0.15, 0.2) is 60.0 Å². The van der Waals surface area contributed by atoms with Crippen molar-refractivity contribution in [1.29, 1.82) is 0 Å². The molecule has 0 radical (unpaired) electrons. The highest BCUT2D eigenvalue weighted by molar-refractivity contribution is 7.13. The van der Waals surface area contributed by atoms with Crippen LogP contribution in [0.25, 0.3) is 0 Å². The lowest BCUT2D eigenvalue weighted by atomic mass is 10.1. The Hall–Kier alpha value is -2.77. The fourth-order valence-corrected chi connectivity index (χ4v) is 4.11. The zero-order chi connectivity index (χ0) is 20.1. The number of carbonyl (C=O) groups excluding carboxylic acids is 1. The summed E-state index contributed by atoms with van der Waals surface area (Å²) in [5.74, 6) is -0.499. The topological polar surface area (TPSA) is 45.7 Å². The number of amides is 1. The zero-order valence-corrected chi connectivity index (χ0v) is 16.8. The van der Waals surface area contributed by atoms with Gasteiger partial charge in [-0.25, -0.2) is 9.37 Å². The van der Waals surface area contributed by atoms with Crippen LogP contribution in [-0.4, -0.2) is 42.1 Å². The van der Waals surface area contributed by atoms with Crippen molar-refractivity contribution in [3.05, 3.63) is 82.6 Å². The van der Waals surface area contributed by atoms with Gasteiger partial charge in [-0.05, 0) is 29.8 Å². The Bertz CT molecular complexity index is 940. The van der Waals surface area contributed by atoms with Crippen molar-refractivity contribution < 1.29 is 13.9 Å². The van der Waals surface area contributed by atoms with Gasteiger partial charge in [0.15, 0.2) is 5.13 Å². The Morgan fingerprint density at radius 1 is 1.07 bits per heavy atom. The molecule has 150 valence electrons. The normalized spacial score (nSPS) is 14.0. The van der Waals surface area contributed by atoms with Gasteiger partial charge >= 0.3 is 0 Å². The maximum absolute atomic E-state index is 13.3. The molecule has 3 aromatic rings. The number of anilines is 1. The summed E-state index contributed by atoms with van der Waals surface area (Å²) in [7, 11) is 0. The number of ether oxygens (including phenoxy) is 1. The molecule has 0 bridgehead atoms. The molecule has 0 N–H and O–H groups in total. The monoisotopic (exact) mass is 411 g/mol. The van der Waals surface area contributed by atoms with E-state index in [4.69, 9.17) is 9.72 Å². The summed E-state index contributed by atoms with van der Waals surface area (Å²) < 4.78 is 18.7. The molecule has 0 atom stereocenters. The van der Waals surface area contributed by atoms with E-state index in [0.29, 0.717) is 31.9 Å². The number of hydrogen-bond acceptors (Lipinski definition) is 5. The van der Waals surface area contributed by atoms with E-state index in [-0.39, 0.29) is 11.7 Å². The Labute approximate surface area is 173 Å². The summed E-state index contributed by atoms with van der Waals surface area (Å²) in [5.41, 5.74) is 2.35. The molecule has 5 nitrogen and oxygen atoms in total. The second-order valence-corrected chi connectivity index (χ2v) is 7.71. The quantitative estimate of drug-likeness (QED) is 0.616. The van der Waals surface area contributed by atoms with E-state index in [0.717, 1.165) is 29.5 Å². The molecule has 4 rings (SSSR count). The van der Waals surface area contributed by atoms with Crippen LogP contribution in [0.4, 0.5) is 9.52 Å². The van der Waals surface area contributed by atoms with Gasteiger partial charge in [0, 0.05) is 30.6 Å². The predicted octanol–water partition coefficient (Wildman–Crippen LogP) is 3.96. The molecule has 1 amide bonds. The van der Waals surface area contributed by atoms with Crippen LogP contribution in [0.2, 0.25) is 0 Å². The minimum absolute atomic E-state index is 0.144. The van der Waals surface area contributed by atoms with Gasteiger partial charge in [0.25, 0.3) is 5.91 Å². The molecule has 1 aliphatic heterocycles. The van der Waals surface area contributed by atoms with Crippen LogP contribution < -0.4 is 4.90 Å². The largest absolute Gasteiger partial charge is 0.378 e. The number of aromatic nitrogens is 1. The van der Waals surface area contributed by atoms with Gasteiger partial charge in [-0.1, -0.05) is 30.3 Å². The number of benzene rings is 2. The maximum atomic E-state index is 13.3. The van der Waals surface area contributed by atoms with Crippen LogP contribution in [0, 0.1) is 5.82 Å². The van der Waals surface area contributed by atoms with Crippen molar-refractivity contribution >= 4 is 22.4 Å². The van der Waals surface area contributed by atoms with Gasteiger partial charge in [0.1, 0.15) is 5.82 Å². The third-order valence-corrected chi connectivity index (χ3v) is 5.72. The van der Waals surface area contributed by atoms with Crippen molar-refractivity contribution in [2.45, 2.75) is 13.1 Å². The van der Waals surface area contributed by atoms with E-state index in [9.17, 15) is 9.18 Å². The molecule has 0 spiro atoms. The maximum Gasteiger partial charge on any atom is 0.254 e. The number of halogens is 1. The summed E-state index contributed by atoms with van der Waals surface area (Å²) in [6, 6.07) is 15.5. The molecule has 0 saturated carbocycles.